The first-order valence-corrected chi connectivity index (χ1v) is 9.89. The van der Waals surface area contributed by atoms with E-state index in [-0.39, 0.29) is 30.6 Å². The maximum absolute atomic E-state index is 13.1. The fourth-order valence-electron chi connectivity index (χ4n) is 4.47. The van der Waals surface area contributed by atoms with E-state index >= 15 is 0 Å². The molecule has 1 saturated carbocycles. The number of amides is 1. The fraction of sp³-hybridized carbons (Fsp3) is 0.895. The van der Waals surface area contributed by atoms with Crippen molar-refractivity contribution in [3.05, 3.63) is 0 Å². The van der Waals surface area contributed by atoms with Crippen LogP contribution < -0.4 is 5.32 Å². The van der Waals surface area contributed by atoms with Gasteiger partial charge in [0.25, 0.3) is 0 Å². The van der Waals surface area contributed by atoms with Crippen LogP contribution >= 0.6 is 0 Å². The van der Waals surface area contributed by atoms with E-state index in [2.05, 4.69) is 5.32 Å². The standard InChI is InChI=1S/C19H34N2O4/c1-4-8-16(19(24)25-5-2)20-13(3)18(23)21-15(12-22)11-14-9-6-7-10-17(14)21/h13-17,20,22H,4-12H2,1-3H3/t13-,14-,15-,16-,17-/m0/s1. The van der Waals surface area contributed by atoms with Crippen LogP contribution in [-0.2, 0) is 14.3 Å². The van der Waals surface area contributed by atoms with Crippen molar-refractivity contribution in [1.82, 2.24) is 10.2 Å². The molecule has 2 rings (SSSR count). The van der Waals surface area contributed by atoms with Gasteiger partial charge >= 0.3 is 5.97 Å². The number of nitrogens with one attached hydrogen (secondary N) is 1. The Morgan fingerprint density at radius 3 is 2.64 bits per heavy atom. The molecule has 144 valence electrons. The van der Waals surface area contributed by atoms with E-state index in [1.807, 2.05) is 18.7 Å². The van der Waals surface area contributed by atoms with Crippen molar-refractivity contribution in [3.8, 4) is 0 Å². The van der Waals surface area contributed by atoms with Gasteiger partial charge in [-0.15, -0.1) is 0 Å². The zero-order valence-corrected chi connectivity index (χ0v) is 15.9. The molecule has 25 heavy (non-hydrogen) atoms. The average Bonchev–Trinajstić information content (AvgIpc) is 2.99. The van der Waals surface area contributed by atoms with E-state index in [4.69, 9.17) is 4.74 Å². The summed E-state index contributed by atoms with van der Waals surface area (Å²) in [6.45, 7) is 5.96. The number of nitrogens with zero attached hydrogens (tertiary/aromatic N) is 1. The molecule has 0 spiro atoms. The lowest BCUT2D eigenvalue weighted by atomic mass is 9.84. The highest BCUT2D eigenvalue weighted by Gasteiger charge is 2.45. The van der Waals surface area contributed by atoms with Gasteiger partial charge in [-0.05, 0) is 45.4 Å². The van der Waals surface area contributed by atoms with E-state index in [0.29, 0.717) is 18.9 Å². The van der Waals surface area contributed by atoms with Gasteiger partial charge in [0.2, 0.25) is 5.91 Å². The molecule has 2 N–H and O–H groups in total. The quantitative estimate of drug-likeness (QED) is 0.651. The van der Waals surface area contributed by atoms with Crippen LogP contribution in [0, 0.1) is 5.92 Å². The van der Waals surface area contributed by atoms with E-state index in [1.54, 1.807) is 6.92 Å². The first kappa shape index (κ1) is 20.2. The number of carbonyl (C=O) groups excluding carboxylic acids is 2. The topological polar surface area (TPSA) is 78.9 Å². The third-order valence-corrected chi connectivity index (χ3v) is 5.63. The zero-order chi connectivity index (χ0) is 18.4. The monoisotopic (exact) mass is 354 g/mol. The molecule has 6 heteroatoms. The second-order valence-corrected chi connectivity index (χ2v) is 7.41. The molecule has 0 aromatic rings. The Hall–Kier alpha value is -1.14. The summed E-state index contributed by atoms with van der Waals surface area (Å²) in [4.78, 5) is 27.1. The van der Waals surface area contributed by atoms with Gasteiger partial charge in [-0.3, -0.25) is 14.9 Å². The molecular weight excluding hydrogens is 320 g/mol. The second-order valence-electron chi connectivity index (χ2n) is 7.41. The summed E-state index contributed by atoms with van der Waals surface area (Å²) in [6, 6.07) is -0.760. The summed E-state index contributed by atoms with van der Waals surface area (Å²) in [5, 5.41) is 12.9. The van der Waals surface area contributed by atoms with Crippen molar-refractivity contribution < 1.29 is 19.4 Å². The maximum Gasteiger partial charge on any atom is 0.323 e. The van der Waals surface area contributed by atoms with Gasteiger partial charge in [0.15, 0.2) is 0 Å². The summed E-state index contributed by atoms with van der Waals surface area (Å²) < 4.78 is 5.12. The van der Waals surface area contributed by atoms with Gasteiger partial charge in [-0.1, -0.05) is 26.2 Å². The molecule has 2 aliphatic rings. The van der Waals surface area contributed by atoms with Crippen LogP contribution in [0.5, 0.6) is 0 Å². The van der Waals surface area contributed by atoms with Crippen molar-refractivity contribution in [3.63, 3.8) is 0 Å². The van der Waals surface area contributed by atoms with Crippen LogP contribution in [0.25, 0.3) is 0 Å². The van der Waals surface area contributed by atoms with Gasteiger partial charge in [0.1, 0.15) is 6.04 Å². The minimum atomic E-state index is -0.462. The molecule has 0 radical (unpaired) electrons. The van der Waals surface area contributed by atoms with Crippen LogP contribution in [0.1, 0.15) is 65.7 Å². The molecule has 1 saturated heterocycles. The number of fused-ring (bicyclic) bond motifs is 1. The molecular formula is C19H34N2O4. The molecule has 6 nitrogen and oxygen atoms in total. The largest absolute Gasteiger partial charge is 0.465 e. The highest BCUT2D eigenvalue weighted by molar-refractivity contribution is 5.84. The van der Waals surface area contributed by atoms with Crippen LogP contribution in [-0.4, -0.2) is 59.3 Å². The van der Waals surface area contributed by atoms with E-state index < -0.39 is 12.1 Å². The first-order chi connectivity index (χ1) is 12.0. The first-order valence-electron chi connectivity index (χ1n) is 9.89. The Morgan fingerprint density at radius 2 is 2.00 bits per heavy atom. The van der Waals surface area contributed by atoms with Crippen LogP contribution in [0.4, 0.5) is 0 Å². The lowest BCUT2D eigenvalue weighted by Gasteiger charge is -2.36. The number of hydrogen-bond donors (Lipinski definition) is 2. The molecule has 2 fully saturated rings. The normalized spacial score (nSPS) is 28.3. The number of esters is 1. The highest BCUT2D eigenvalue weighted by atomic mass is 16.5. The number of carbonyl (C=O) groups is 2. The number of ether oxygens (including phenoxy) is 1. The van der Waals surface area contributed by atoms with Gasteiger partial charge < -0.3 is 14.7 Å². The maximum atomic E-state index is 13.1. The lowest BCUT2D eigenvalue weighted by molar-refractivity contribution is -0.146. The summed E-state index contributed by atoms with van der Waals surface area (Å²) >= 11 is 0. The number of rotatable bonds is 8. The lowest BCUT2D eigenvalue weighted by Crippen LogP contribution is -2.55. The Balaban J connectivity index is 2.04. The van der Waals surface area contributed by atoms with E-state index in [0.717, 1.165) is 32.1 Å². The van der Waals surface area contributed by atoms with Crippen LogP contribution in [0.15, 0.2) is 0 Å². The molecule has 0 bridgehead atoms. The summed E-state index contributed by atoms with van der Waals surface area (Å²) in [7, 11) is 0. The van der Waals surface area contributed by atoms with E-state index in [1.165, 1.54) is 6.42 Å². The minimum absolute atomic E-state index is 0.00106. The summed E-state index contributed by atoms with van der Waals surface area (Å²) in [6.07, 6.45) is 6.92. The molecule has 1 aliphatic heterocycles. The number of aliphatic hydroxyl groups is 1. The number of hydrogen-bond acceptors (Lipinski definition) is 5. The molecule has 0 aromatic heterocycles. The van der Waals surface area contributed by atoms with Crippen LogP contribution in [0.3, 0.4) is 0 Å². The predicted octanol–water partition coefficient (Wildman–Crippen LogP) is 1.85. The Morgan fingerprint density at radius 1 is 1.28 bits per heavy atom. The zero-order valence-electron chi connectivity index (χ0n) is 15.9. The fourth-order valence-corrected chi connectivity index (χ4v) is 4.47. The smallest absolute Gasteiger partial charge is 0.323 e. The van der Waals surface area contributed by atoms with Crippen molar-refractivity contribution in [2.45, 2.75) is 89.9 Å². The van der Waals surface area contributed by atoms with Crippen molar-refractivity contribution >= 4 is 11.9 Å². The van der Waals surface area contributed by atoms with E-state index in [9.17, 15) is 14.7 Å². The molecule has 5 atom stereocenters. The van der Waals surface area contributed by atoms with Gasteiger partial charge in [0, 0.05) is 6.04 Å². The average molecular weight is 354 g/mol. The second kappa shape index (κ2) is 9.53. The Labute approximate surface area is 151 Å². The SMILES string of the molecule is CCC[C@H](N[C@@H](C)C(=O)N1[C@H](CO)C[C@@H]2CCCC[C@@H]21)C(=O)OCC. The highest BCUT2D eigenvalue weighted by Crippen LogP contribution is 2.39. The van der Waals surface area contributed by atoms with Gasteiger partial charge in [-0.25, -0.2) is 0 Å². The number of likely N-dealkylation sites (tertiary alicyclic amines) is 1. The van der Waals surface area contributed by atoms with Gasteiger partial charge in [0.05, 0.1) is 25.3 Å². The third kappa shape index (κ3) is 4.73. The van der Waals surface area contributed by atoms with Crippen molar-refractivity contribution in [1.29, 1.82) is 0 Å². The van der Waals surface area contributed by atoms with Gasteiger partial charge in [-0.2, -0.15) is 0 Å². The Bertz CT molecular complexity index is 457. The summed E-state index contributed by atoms with van der Waals surface area (Å²) in [5.74, 6) is 0.220. The molecule has 0 unspecified atom stereocenters. The third-order valence-electron chi connectivity index (χ3n) is 5.63. The van der Waals surface area contributed by atoms with Crippen molar-refractivity contribution in [2.75, 3.05) is 13.2 Å². The van der Waals surface area contributed by atoms with Crippen molar-refractivity contribution in [2.24, 2.45) is 5.92 Å². The summed E-state index contributed by atoms with van der Waals surface area (Å²) in [5.41, 5.74) is 0. The molecule has 0 aromatic carbocycles. The van der Waals surface area contributed by atoms with Crippen LogP contribution in [0.2, 0.25) is 0 Å². The number of aliphatic hydroxyl groups excluding tert-OH is 1. The molecule has 1 amide bonds. The minimum Gasteiger partial charge on any atom is -0.465 e. The molecule has 1 aliphatic carbocycles. The predicted molar refractivity (Wildman–Crippen MR) is 96.0 cm³/mol. The molecule has 1 heterocycles. The Kier molecular flexibility index (Phi) is 7.69.